The smallest absolute Gasteiger partial charge is 0.410 e. The summed E-state index contributed by atoms with van der Waals surface area (Å²) >= 11 is 3.18. The highest BCUT2D eigenvalue weighted by atomic mass is 32.1. The van der Waals surface area contributed by atoms with Gasteiger partial charge in [-0.3, -0.25) is 9.97 Å². The number of rotatable bonds is 11. The van der Waals surface area contributed by atoms with Gasteiger partial charge >= 0.3 is 18.0 Å². The molecule has 0 aliphatic carbocycles. The minimum absolute atomic E-state index is 0.102. The fourth-order valence-corrected chi connectivity index (χ4v) is 9.43. The van der Waals surface area contributed by atoms with Crippen LogP contribution in [0.4, 0.5) is 21.2 Å². The number of nitrogen functional groups attached to an aromatic ring is 1. The Balaban J connectivity index is 0.000000202. The summed E-state index contributed by atoms with van der Waals surface area (Å²) in [5, 5.41) is 13.5. The Morgan fingerprint density at radius 3 is 1.50 bits per heavy atom. The Kier molecular flexibility index (Phi) is 15.8. The molecule has 6 aromatic heterocycles. The number of pyridine rings is 4. The summed E-state index contributed by atoms with van der Waals surface area (Å²) in [6.07, 6.45) is 16.4. The molecule has 0 aromatic carbocycles. The number of aromatic nitrogens is 6. The average Bonchev–Trinajstić information content (AvgIpc) is 4.02. The van der Waals surface area contributed by atoms with E-state index in [9.17, 15) is 19.7 Å². The van der Waals surface area contributed by atoms with E-state index in [1.165, 1.54) is 17.5 Å². The van der Waals surface area contributed by atoms with Crippen molar-refractivity contribution >= 4 is 46.5 Å². The lowest BCUT2D eigenvalue weighted by molar-refractivity contribution is -0.390. The fraction of sp³-hybridized carbons (Fsp3) is 0.417. The minimum atomic E-state index is -0.553. The van der Waals surface area contributed by atoms with Gasteiger partial charge in [-0.2, -0.15) is 0 Å². The Morgan fingerprint density at radius 1 is 0.662 bits per heavy atom. The van der Waals surface area contributed by atoms with Gasteiger partial charge < -0.3 is 44.6 Å². The maximum absolute atomic E-state index is 12.3. The van der Waals surface area contributed by atoms with Gasteiger partial charge in [0.05, 0.1) is 19.8 Å². The monoisotopic (exact) mass is 964 g/mol. The molecule has 0 radical (unpaired) electrons. The second-order valence-electron chi connectivity index (χ2n) is 18.3. The zero-order valence-corrected chi connectivity index (χ0v) is 40.6. The van der Waals surface area contributed by atoms with Crippen LogP contribution in [0.15, 0.2) is 86.0 Å². The molecule has 0 atom stereocenters. The number of amides is 2. The van der Waals surface area contributed by atoms with E-state index < -0.39 is 16.1 Å². The van der Waals surface area contributed by atoms with E-state index in [2.05, 4.69) is 29.9 Å². The molecule has 20 heteroatoms. The molecule has 8 heterocycles. The standard InChI is InChI=1S/C24H27N5O5S.C24H29N5O3S/c1-24(2,3)34-23(30)28-10-6-17(7-11-28)22-27-14-20(35-22)18-12-19(21(26-13-18)29(31)32)33-15-16-4-8-25-9-5-16;1-24(2,3)32-23(30)29-10-6-17(7-11-29)22-28-14-20(33-22)18-12-19(21(25)27-13-18)31-15-16-4-8-26-9-5-16/h4-5,8-9,12-14,17H,6-7,10-11,15H2,1-3H3;4-5,8-9,12-14,17H,6-7,10-11,15H2,1-3H3,(H2,25,27). The van der Waals surface area contributed by atoms with Crippen LogP contribution in [-0.2, 0) is 22.7 Å². The number of hydrogen-bond acceptors (Lipinski definition) is 17. The largest absolute Gasteiger partial charge is 0.485 e. The van der Waals surface area contributed by atoms with E-state index in [0.717, 1.165) is 62.1 Å². The third kappa shape index (κ3) is 13.7. The van der Waals surface area contributed by atoms with E-state index in [-0.39, 0.29) is 36.3 Å². The number of piperidine rings is 2. The first-order valence-corrected chi connectivity index (χ1v) is 23.9. The highest BCUT2D eigenvalue weighted by Crippen LogP contribution is 2.39. The highest BCUT2D eigenvalue weighted by Gasteiger charge is 2.31. The van der Waals surface area contributed by atoms with Crippen molar-refractivity contribution < 1.29 is 33.5 Å². The summed E-state index contributed by atoms with van der Waals surface area (Å²) in [6.45, 7) is 14.4. The number of carbonyl (C=O) groups excluding carboxylic acids is 2. The summed E-state index contributed by atoms with van der Waals surface area (Å²) in [5.74, 6) is 1.23. The lowest BCUT2D eigenvalue weighted by atomic mass is 9.98. The predicted octanol–water partition coefficient (Wildman–Crippen LogP) is 10.1. The molecular formula is C48H56N10O8S2. The first-order valence-electron chi connectivity index (χ1n) is 22.3. The molecule has 2 amide bonds. The van der Waals surface area contributed by atoms with Gasteiger partial charge in [0.25, 0.3) is 0 Å². The molecule has 2 aliphatic rings. The second-order valence-corrected chi connectivity index (χ2v) is 20.4. The molecule has 2 fully saturated rings. The van der Waals surface area contributed by atoms with Gasteiger partial charge in [-0.05, 0) is 119 Å². The number of likely N-dealkylation sites (tertiary alicyclic amines) is 2. The molecule has 0 saturated carbocycles. The molecule has 2 saturated heterocycles. The van der Waals surface area contributed by atoms with E-state index in [1.807, 2.05) is 65.9 Å². The third-order valence-corrected chi connectivity index (χ3v) is 13.2. The normalized spacial score (nSPS) is 14.7. The summed E-state index contributed by atoms with van der Waals surface area (Å²) in [7, 11) is 0. The molecule has 2 N–H and O–H groups in total. The summed E-state index contributed by atoms with van der Waals surface area (Å²) in [4.78, 5) is 66.5. The van der Waals surface area contributed by atoms with E-state index in [1.54, 1.807) is 76.5 Å². The quantitative estimate of drug-likeness (QED) is 0.0942. The summed E-state index contributed by atoms with van der Waals surface area (Å²) in [6, 6.07) is 10.9. The summed E-state index contributed by atoms with van der Waals surface area (Å²) in [5.41, 5.74) is 8.51. The lowest BCUT2D eigenvalue weighted by Crippen LogP contribution is -2.41. The zero-order chi connectivity index (χ0) is 48.4. The number of nitro groups is 1. The van der Waals surface area contributed by atoms with Gasteiger partial charge in [0.1, 0.15) is 30.6 Å². The van der Waals surface area contributed by atoms with E-state index >= 15 is 0 Å². The average molecular weight is 965 g/mol. The van der Waals surface area contributed by atoms with Gasteiger partial charge in [0.15, 0.2) is 11.6 Å². The molecule has 358 valence electrons. The number of nitrogens with two attached hydrogens (primary N) is 1. The number of hydrogen-bond donors (Lipinski definition) is 1. The number of anilines is 1. The van der Waals surface area contributed by atoms with Gasteiger partial charge in [0.2, 0.25) is 5.75 Å². The van der Waals surface area contributed by atoms with Crippen molar-refractivity contribution in [3.8, 4) is 32.4 Å². The van der Waals surface area contributed by atoms with Crippen molar-refractivity contribution in [1.29, 1.82) is 0 Å². The lowest BCUT2D eigenvalue weighted by Gasteiger charge is -2.32. The Hall–Kier alpha value is -6.80. The van der Waals surface area contributed by atoms with Crippen molar-refractivity contribution in [2.45, 2.75) is 103 Å². The SMILES string of the molecule is CC(C)(C)OC(=O)N1CCC(c2ncc(-c3cnc(N)c(OCc4ccncc4)c3)s2)CC1.CC(C)(C)OC(=O)N1CCC(c2ncc(-c3cnc([N+](=O)[O-])c(OCc4ccncc4)c3)s2)CC1. The maximum Gasteiger partial charge on any atom is 0.410 e. The van der Waals surface area contributed by atoms with Crippen molar-refractivity contribution in [3.63, 3.8) is 0 Å². The van der Waals surface area contributed by atoms with Crippen molar-refractivity contribution in [2.24, 2.45) is 0 Å². The fourth-order valence-electron chi connectivity index (χ4n) is 7.29. The van der Waals surface area contributed by atoms with Gasteiger partial charge in [-0.25, -0.2) is 24.5 Å². The first-order chi connectivity index (χ1) is 32.5. The molecule has 2 aliphatic heterocycles. The Morgan fingerprint density at radius 2 is 1.07 bits per heavy atom. The molecule has 0 bridgehead atoms. The van der Waals surface area contributed by atoms with Crippen LogP contribution < -0.4 is 15.2 Å². The Labute approximate surface area is 403 Å². The zero-order valence-electron chi connectivity index (χ0n) is 39.0. The molecule has 6 aromatic rings. The molecular weight excluding hydrogens is 909 g/mol. The van der Waals surface area contributed by atoms with Crippen molar-refractivity contribution in [1.82, 2.24) is 39.7 Å². The van der Waals surface area contributed by atoms with Crippen LogP contribution in [0.2, 0.25) is 0 Å². The van der Waals surface area contributed by atoms with Crippen LogP contribution in [0, 0.1) is 10.1 Å². The van der Waals surface area contributed by atoms with Gasteiger partial charge in [-0.1, -0.05) is 0 Å². The topological polar surface area (TPSA) is 224 Å². The van der Waals surface area contributed by atoms with Gasteiger partial charge in [-0.15, -0.1) is 22.7 Å². The highest BCUT2D eigenvalue weighted by molar-refractivity contribution is 7.15. The Bertz CT molecular complexity index is 2640. The predicted molar refractivity (Wildman–Crippen MR) is 258 cm³/mol. The van der Waals surface area contributed by atoms with Crippen LogP contribution in [0.1, 0.15) is 100 Å². The van der Waals surface area contributed by atoms with Crippen LogP contribution in [0.25, 0.3) is 20.9 Å². The molecule has 8 rings (SSSR count). The molecule has 68 heavy (non-hydrogen) atoms. The van der Waals surface area contributed by atoms with E-state index in [0.29, 0.717) is 55.8 Å². The third-order valence-electron chi connectivity index (χ3n) is 10.8. The van der Waals surface area contributed by atoms with Crippen LogP contribution in [0.5, 0.6) is 11.5 Å². The molecule has 0 unspecified atom stereocenters. The molecule has 18 nitrogen and oxygen atoms in total. The van der Waals surface area contributed by atoms with E-state index in [4.69, 9.17) is 24.7 Å². The second kappa shape index (κ2) is 21.9. The number of thiazole rings is 2. The van der Waals surface area contributed by atoms with Gasteiger partial charge in [0, 0.05) is 98.6 Å². The molecule has 0 spiro atoms. The maximum atomic E-state index is 12.3. The summed E-state index contributed by atoms with van der Waals surface area (Å²) < 4.78 is 22.6. The van der Waals surface area contributed by atoms with Crippen LogP contribution in [0.3, 0.4) is 0 Å². The van der Waals surface area contributed by atoms with Crippen molar-refractivity contribution in [3.05, 3.63) is 117 Å². The number of nitrogens with zero attached hydrogens (tertiary/aromatic N) is 9. The van der Waals surface area contributed by atoms with Crippen molar-refractivity contribution in [2.75, 3.05) is 31.9 Å². The minimum Gasteiger partial charge on any atom is -0.485 e. The number of carbonyl (C=O) groups is 2. The number of ether oxygens (including phenoxy) is 4. The first kappa shape index (κ1) is 49.1. The van der Waals surface area contributed by atoms with Crippen LogP contribution >= 0.6 is 22.7 Å². The van der Waals surface area contributed by atoms with Crippen LogP contribution in [-0.4, -0.2) is 94.2 Å².